The lowest BCUT2D eigenvalue weighted by Gasteiger charge is -2.18. The predicted octanol–water partition coefficient (Wildman–Crippen LogP) is 4.53. The molecule has 19 heavy (non-hydrogen) atoms. The molecule has 0 aliphatic carbocycles. The summed E-state index contributed by atoms with van der Waals surface area (Å²) in [5, 5.41) is 8.99. The second kappa shape index (κ2) is 7.14. The van der Waals surface area contributed by atoms with Crippen LogP contribution in [0.15, 0.2) is 35.8 Å². The Hall–Kier alpha value is -1.55. The molecule has 2 aromatic rings. The summed E-state index contributed by atoms with van der Waals surface area (Å²) in [6, 6.07) is 8.80. The Labute approximate surface area is 119 Å². The van der Waals surface area contributed by atoms with Crippen molar-refractivity contribution >= 4 is 22.8 Å². The zero-order valence-electron chi connectivity index (χ0n) is 11.5. The van der Waals surface area contributed by atoms with Crippen LogP contribution in [0.3, 0.4) is 0 Å². The third-order valence-electron chi connectivity index (χ3n) is 2.92. The number of anilines is 2. The van der Waals surface area contributed by atoms with E-state index < -0.39 is 0 Å². The molecule has 2 N–H and O–H groups in total. The molecule has 0 radical (unpaired) electrons. The van der Waals surface area contributed by atoms with Crippen LogP contribution in [-0.4, -0.2) is 11.5 Å². The molecule has 1 unspecified atom stereocenters. The minimum absolute atomic E-state index is 0.391. The fourth-order valence-electron chi connectivity index (χ4n) is 2.06. The van der Waals surface area contributed by atoms with Gasteiger partial charge in [0.2, 0.25) is 0 Å². The summed E-state index contributed by atoms with van der Waals surface area (Å²) >= 11 is 1.81. The topological polar surface area (TPSA) is 37.0 Å². The van der Waals surface area contributed by atoms with E-state index in [0.717, 1.165) is 24.5 Å². The van der Waals surface area contributed by atoms with Crippen molar-refractivity contribution in [2.24, 2.45) is 0 Å². The highest BCUT2D eigenvalue weighted by molar-refractivity contribution is 7.10. The number of nitrogens with zero attached hydrogens (tertiary/aromatic N) is 1. The number of hydrogen-bond acceptors (Lipinski definition) is 4. The Morgan fingerprint density at radius 1 is 1.32 bits per heavy atom. The van der Waals surface area contributed by atoms with Crippen molar-refractivity contribution in [3.63, 3.8) is 0 Å². The van der Waals surface area contributed by atoms with Gasteiger partial charge in [-0.25, -0.2) is 4.98 Å². The number of hydrogen-bond donors (Lipinski definition) is 2. The van der Waals surface area contributed by atoms with E-state index in [1.165, 1.54) is 11.3 Å². The minimum Gasteiger partial charge on any atom is -0.377 e. The third kappa shape index (κ3) is 3.96. The van der Waals surface area contributed by atoms with Crippen LogP contribution in [0.5, 0.6) is 0 Å². The van der Waals surface area contributed by atoms with Crippen LogP contribution in [0, 0.1) is 0 Å². The first-order valence-corrected chi connectivity index (χ1v) is 7.71. The molecule has 0 spiro atoms. The van der Waals surface area contributed by atoms with Crippen LogP contribution >= 0.6 is 11.3 Å². The van der Waals surface area contributed by atoms with E-state index in [1.807, 2.05) is 23.6 Å². The molecule has 0 saturated carbocycles. The van der Waals surface area contributed by atoms with E-state index in [0.29, 0.717) is 6.04 Å². The molecule has 4 heteroatoms. The van der Waals surface area contributed by atoms with E-state index >= 15 is 0 Å². The molecule has 2 rings (SSSR count). The molecule has 0 saturated heterocycles. The predicted molar refractivity (Wildman–Crippen MR) is 84.0 cm³/mol. The van der Waals surface area contributed by atoms with Crippen LogP contribution in [-0.2, 0) is 0 Å². The zero-order valence-corrected chi connectivity index (χ0v) is 12.3. The Morgan fingerprint density at radius 2 is 2.21 bits per heavy atom. The summed E-state index contributed by atoms with van der Waals surface area (Å²) in [6.45, 7) is 5.19. The van der Waals surface area contributed by atoms with Crippen molar-refractivity contribution in [3.8, 4) is 0 Å². The summed E-state index contributed by atoms with van der Waals surface area (Å²) < 4.78 is 0. The highest BCUT2D eigenvalue weighted by Gasteiger charge is 2.11. The largest absolute Gasteiger partial charge is 0.377 e. The van der Waals surface area contributed by atoms with E-state index in [9.17, 15) is 0 Å². The number of aromatic nitrogens is 1. The Kier molecular flexibility index (Phi) is 5.21. The van der Waals surface area contributed by atoms with Gasteiger partial charge in [0.05, 0.1) is 6.04 Å². The SMILES string of the molecule is CCCC(Nc1ccnc(NCC)c1)c1cccs1. The molecule has 102 valence electrons. The summed E-state index contributed by atoms with van der Waals surface area (Å²) in [4.78, 5) is 5.69. The van der Waals surface area contributed by atoms with E-state index in [-0.39, 0.29) is 0 Å². The van der Waals surface area contributed by atoms with Crippen LogP contribution in [0.25, 0.3) is 0 Å². The number of rotatable bonds is 7. The summed E-state index contributed by atoms with van der Waals surface area (Å²) in [5.41, 5.74) is 1.12. The van der Waals surface area contributed by atoms with Gasteiger partial charge < -0.3 is 10.6 Å². The standard InChI is InChI=1S/C15H21N3S/c1-3-6-13(14-7-5-10-19-14)18-12-8-9-17-15(11-12)16-4-2/h5,7-11,13H,3-4,6H2,1-2H3,(H2,16,17,18). The first-order valence-electron chi connectivity index (χ1n) is 6.83. The van der Waals surface area contributed by atoms with E-state index in [4.69, 9.17) is 0 Å². The monoisotopic (exact) mass is 275 g/mol. The van der Waals surface area contributed by atoms with Crippen LogP contribution in [0.1, 0.15) is 37.6 Å². The Bertz CT molecular complexity index is 482. The van der Waals surface area contributed by atoms with Crippen molar-refractivity contribution < 1.29 is 0 Å². The number of thiophene rings is 1. The number of pyridine rings is 1. The van der Waals surface area contributed by atoms with Gasteiger partial charge in [-0.3, -0.25) is 0 Å². The van der Waals surface area contributed by atoms with Crippen molar-refractivity contribution in [1.29, 1.82) is 0 Å². The Balaban J connectivity index is 2.10. The maximum atomic E-state index is 4.30. The molecule has 0 fully saturated rings. The lowest BCUT2D eigenvalue weighted by atomic mass is 10.1. The molecule has 2 aromatic heterocycles. The van der Waals surface area contributed by atoms with Gasteiger partial charge in [0.1, 0.15) is 5.82 Å². The second-order valence-electron chi connectivity index (χ2n) is 4.46. The normalized spacial score (nSPS) is 12.1. The second-order valence-corrected chi connectivity index (χ2v) is 5.44. The van der Waals surface area contributed by atoms with Gasteiger partial charge in [0.15, 0.2) is 0 Å². The van der Waals surface area contributed by atoms with Gasteiger partial charge in [-0.1, -0.05) is 19.4 Å². The smallest absolute Gasteiger partial charge is 0.127 e. The summed E-state index contributed by atoms with van der Waals surface area (Å²) in [6.07, 6.45) is 4.15. The molecule has 1 atom stereocenters. The van der Waals surface area contributed by atoms with Gasteiger partial charge in [-0.15, -0.1) is 11.3 Å². The van der Waals surface area contributed by atoms with Gasteiger partial charge in [-0.05, 0) is 30.9 Å². The van der Waals surface area contributed by atoms with Gasteiger partial charge >= 0.3 is 0 Å². The summed E-state index contributed by atoms with van der Waals surface area (Å²) in [5.74, 6) is 0.925. The van der Waals surface area contributed by atoms with Crippen molar-refractivity contribution in [1.82, 2.24) is 4.98 Å². The van der Waals surface area contributed by atoms with Crippen molar-refractivity contribution in [2.45, 2.75) is 32.7 Å². The maximum Gasteiger partial charge on any atom is 0.127 e. The molecule has 2 heterocycles. The first-order chi connectivity index (χ1) is 9.33. The molecule has 0 aliphatic heterocycles. The van der Waals surface area contributed by atoms with Crippen LogP contribution in [0.4, 0.5) is 11.5 Å². The lowest BCUT2D eigenvalue weighted by Crippen LogP contribution is -2.09. The highest BCUT2D eigenvalue weighted by Crippen LogP contribution is 2.27. The molecule has 0 aromatic carbocycles. The highest BCUT2D eigenvalue weighted by atomic mass is 32.1. The minimum atomic E-state index is 0.391. The van der Waals surface area contributed by atoms with Crippen LogP contribution < -0.4 is 10.6 Å². The summed E-state index contributed by atoms with van der Waals surface area (Å²) in [7, 11) is 0. The molecule has 0 amide bonds. The zero-order chi connectivity index (χ0) is 13.5. The fraction of sp³-hybridized carbons (Fsp3) is 0.400. The number of nitrogens with one attached hydrogen (secondary N) is 2. The maximum absolute atomic E-state index is 4.30. The molecule has 3 nitrogen and oxygen atoms in total. The fourth-order valence-corrected chi connectivity index (χ4v) is 2.88. The lowest BCUT2D eigenvalue weighted by molar-refractivity contribution is 0.687. The molecule has 0 bridgehead atoms. The molecule has 0 aliphatic rings. The third-order valence-corrected chi connectivity index (χ3v) is 3.91. The first kappa shape index (κ1) is 13.9. The molecular weight excluding hydrogens is 254 g/mol. The van der Waals surface area contributed by atoms with Gasteiger partial charge in [0, 0.05) is 29.4 Å². The van der Waals surface area contributed by atoms with E-state index in [1.54, 1.807) is 0 Å². The van der Waals surface area contributed by atoms with E-state index in [2.05, 4.69) is 53.0 Å². The van der Waals surface area contributed by atoms with Gasteiger partial charge in [0.25, 0.3) is 0 Å². The van der Waals surface area contributed by atoms with Crippen molar-refractivity contribution in [3.05, 3.63) is 40.7 Å². The van der Waals surface area contributed by atoms with Gasteiger partial charge in [-0.2, -0.15) is 0 Å². The average Bonchev–Trinajstić information content (AvgIpc) is 2.93. The Morgan fingerprint density at radius 3 is 2.89 bits per heavy atom. The quantitative estimate of drug-likeness (QED) is 0.779. The van der Waals surface area contributed by atoms with Crippen LogP contribution in [0.2, 0.25) is 0 Å². The van der Waals surface area contributed by atoms with Crippen molar-refractivity contribution in [2.75, 3.05) is 17.2 Å². The average molecular weight is 275 g/mol. The molecular formula is C15H21N3S.